The average Bonchev–Trinajstić information content (AvgIpc) is 3.35. The number of rotatable bonds is 9. The van der Waals surface area contributed by atoms with Gasteiger partial charge in [-0.3, -0.25) is 4.99 Å². The van der Waals surface area contributed by atoms with Crippen molar-refractivity contribution in [2.75, 3.05) is 26.8 Å². The Bertz CT molecular complexity index is 455. The van der Waals surface area contributed by atoms with Gasteiger partial charge in [0.1, 0.15) is 5.75 Å². The van der Waals surface area contributed by atoms with E-state index in [0.717, 1.165) is 43.4 Å². The summed E-state index contributed by atoms with van der Waals surface area (Å²) >= 11 is 0. The molecule has 0 atom stereocenters. The molecule has 1 fully saturated rings. The number of guanidine groups is 1. The van der Waals surface area contributed by atoms with E-state index in [1.54, 1.807) is 7.11 Å². The molecule has 22 heavy (non-hydrogen) atoms. The largest absolute Gasteiger partial charge is 0.497 e. The monoisotopic (exact) mass is 305 g/mol. The Hall–Kier alpha value is -1.75. The number of methoxy groups -OCH3 is 1. The van der Waals surface area contributed by atoms with Crippen molar-refractivity contribution in [3.63, 3.8) is 0 Å². The van der Waals surface area contributed by atoms with E-state index in [-0.39, 0.29) is 0 Å². The molecule has 0 aromatic heterocycles. The van der Waals surface area contributed by atoms with Crippen LogP contribution in [0.4, 0.5) is 0 Å². The van der Waals surface area contributed by atoms with Crippen molar-refractivity contribution in [1.29, 1.82) is 0 Å². The summed E-state index contributed by atoms with van der Waals surface area (Å²) in [6.45, 7) is 5.12. The fourth-order valence-electron chi connectivity index (χ4n) is 2.01. The lowest BCUT2D eigenvalue weighted by molar-refractivity contribution is 0.120. The number of nitrogens with one attached hydrogen (secondary N) is 2. The number of aliphatic imine (C=N–C) groups is 1. The Kier molecular flexibility index (Phi) is 7.03. The minimum absolute atomic E-state index is 0.629. The molecule has 0 radical (unpaired) electrons. The van der Waals surface area contributed by atoms with Crippen LogP contribution in [0.1, 0.15) is 31.7 Å². The first kappa shape index (κ1) is 16.6. The minimum Gasteiger partial charge on any atom is -0.497 e. The second kappa shape index (κ2) is 9.30. The molecule has 0 spiro atoms. The predicted molar refractivity (Wildman–Crippen MR) is 89.4 cm³/mol. The molecule has 1 aromatic carbocycles. The van der Waals surface area contributed by atoms with Gasteiger partial charge < -0.3 is 20.1 Å². The second-order valence-electron chi connectivity index (χ2n) is 5.43. The third-order valence-electron chi connectivity index (χ3n) is 3.41. The van der Waals surface area contributed by atoms with Crippen molar-refractivity contribution >= 4 is 5.96 Å². The molecule has 1 saturated carbocycles. The molecule has 122 valence electrons. The molecule has 1 aliphatic carbocycles. The molecule has 0 amide bonds. The minimum atomic E-state index is 0.629. The van der Waals surface area contributed by atoms with Crippen LogP contribution in [0.25, 0.3) is 0 Å². The fourth-order valence-corrected chi connectivity index (χ4v) is 2.01. The highest BCUT2D eigenvalue weighted by atomic mass is 16.5. The van der Waals surface area contributed by atoms with Crippen molar-refractivity contribution in [2.24, 2.45) is 4.99 Å². The van der Waals surface area contributed by atoms with Crippen molar-refractivity contribution in [1.82, 2.24) is 10.6 Å². The van der Waals surface area contributed by atoms with Crippen LogP contribution in [0, 0.1) is 0 Å². The van der Waals surface area contributed by atoms with Crippen LogP contribution < -0.4 is 15.4 Å². The highest BCUT2D eigenvalue weighted by Crippen LogP contribution is 2.18. The van der Waals surface area contributed by atoms with Crippen LogP contribution in [0.5, 0.6) is 5.75 Å². The van der Waals surface area contributed by atoms with Crippen LogP contribution >= 0.6 is 0 Å². The average molecular weight is 305 g/mol. The maximum absolute atomic E-state index is 5.68. The summed E-state index contributed by atoms with van der Waals surface area (Å²) in [6, 6.07) is 8.59. The SMILES string of the molecule is CCNC(=NCCCOCc1ccc(OC)cc1)NC1CC1. The van der Waals surface area contributed by atoms with E-state index in [1.807, 2.05) is 24.3 Å². The Morgan fingerprint density at radius 2 is 2.05 bits per heavy atom. The molecule has 0 heterocycles. The van der Waals surface area contributed by atoms with Crippen molar-refractivity contribution in [3.8, 4) is 5.75 Å². The molecule has 0 bridgehead atoms. The summed E-state index contributed by atoms with van der Waals surface area (Å²) in [5, 5.41) is 6.67. The molecular formula is C17H27N3O2. The van der Waals surface area contributed by atoms with E-state index in [9.17, 15) is 0 Å². The molecule has 1 aliphatic rings. The van der Waals surface area contributed by atoms with E-state index >= 15 is 0 Å². The van der Waals surface area contributed by atoms with Crippen LogP contribution in [-0.4, -0.2) is 38.8 Å². The molecule has 2 rings (SSSR count). The zero-order valence-electron chi connectivity index (χ0n) is 13.6. The van der Waals surface area contributed by atoms with Crippen LogP contribution in [0.15, 0.2) is 29.3 Å². The normalized spacial score (nSPS) is 14.7. The van der Waals surface area contributed by atoms with E-state index in [4.69, 9.17) is 9.47 Å². The van der Waals surface area contributed by atoms with E-state index in [0.29, 0.717) is 12.6 Å². The molecule has 0 unspecified atom stereocenters. The summed E-state index contributed by atoms with van der Waals surface area (Å²) in [4.78, 5) is 4.56. The van der Waals surface area contributed by atoms with Crippen LogP contribution in [0.3, 0.4) is 0 Å². The van der Waals surface area contributed by atoms with Crippen molar-refractivity contribution in [2.45, 2.75) is 38.8 Å². The zero-order valence-corrected chi connectivity index (χ0v) is 13.6. The standard InChI is InChI=1S/C17H27N3O2/c1-3-18-17(20-15-7-8-15)19-11-4-12-22-13-14-5-9-16(21-2)10-6-14/h5-6,9-10,15H,3-4,7-8,11-13H2,1-2H3,(H2,18,19,20). The lowest BCUT2D eigenvalue weighted by atomic mass is 10.2. The highest BCUT2D eigenvalue weighted by molar-refractivity contribution is 5.80. The Balaban J connectivity index is 1.59. The van der Waals surface area contributed by atoms with E-state index in [1.165, 1.54) is 12.8 Å². The summed E-state index contributed by atoms with van der Waals surface area (Å²) in [5.74, 6) is 1.80. The van der Waals surface area contributed by atoms with Gasteiger partial charge in [-0.2, -0.15) is 0 Å². The third-order valence-corrected chi connectivity index (χ3v) is 3.41. The van der Waals surface area contributed by atoms with Gasteiger partial charge in [0.15, 0.2) is 5.96 Å². The first-order valence-electron chi connectivity index (χ1n) is 8.07. The van der Waals surface area contributed by atoms with Gasteiger partial charge in [-0.25, -0.2) is 0 Å². The van der Waals surface area contributed by atoms with Gasteiger partial charge in [0.25, 0.3) is 0 Å². The summed E-state index contributed by atoms with van der Waals surface area (Å²) < 4.78 is 10.8. The molecule has 5 heteroatoms. The number of benzene rings is 1. The number of hydrogen-bond donors (Lipinski definition) is 2. The Labute approximate surface area is 133 Å². The van der Waals surface area contributed by atoms with Gasteiger partial charge >= 0.3 is 0 Å². The first-order valence-corrected chi connectivity index (χ1v) is 8.07. The lowest BCUT2D eigenvalue weighted by Crippen LogP contribution is -2.38. The molecular weight excluding hydrogens is 278 g/mol. The maximum atomic E-state index is 5.68. The molecule has 1 aromatic rings. The topological polar surface area (TPSA) is 54.9 Å². The quantitative estimate of drug-likeness (QED) is 0.418. The smallest absolute Gasteiger partial charge is 0.191 e. The molecule has 5 nitrogen and oxygen atoms in total. The third kappa shape index (κ3) is 6.35. The van der Waals surface area contributed by atoms with E-state index in [2.05, 4.69) is 22.5 Å². The summed E-state index contributed by atoms with van der Waals surface area (Å²) in [5.41, 5.74) is 1.16. The van der Waals surface area contributed by atoms with Gasteiger partial charge in [0.05, 0.1) is 13.7 Å². The predicted octanol–water partition coefficient (Wildman–Crippen LogP) is 2.32. The van der Waals surface area contributed by atoms with Gasteiger partial charge in [-0.1, -0.05) is 12.1 Å². The first-order chi connectivity index (χ1) is 10.8. The Morgan fingerprint density at radius 1 is 1.27 bits per heavy atom. The Morgan fingerprint density at radius 3 is 2.68 bits per heavy atom. The van der Waals surface area contributed by atoms with Gasteiger partial charge in [-0.05, 0) is 43.9 Å². The fraction of sp³-hybridized carbons (Fsp3) is 0.588. The van der Waals surface area contributed by atoms with Gasteiger partial charge in [-0.15, -0.1) is 0 Å². The molecule has 0 aliphatic heterocycles. The highest BCUT2D eigenvalue weighted by Gasteiger charge is 2.21. The molecule has 0 saturated heterocycles. The van der Waals surface area contributed by atoms with Gasteiger partial charge in [0, 0.05) is 25.7 Å². The van der Waals surface area contributed by atoms with Crippen LogP contribution in [0.2, 0.25) is 0 Å². The van der Waals surface area contributed by atoms with Crippen LogP contribution in [-0.2, 0) is 11.3 Å². The van der Waals surface area contributed by atoms with Gasteiger partial charge in [0.2, 0.25) is 0 Å². The van der Waals surface area contributed by atoms with Crippen molar-refractivity contribution < 1.29 is 9.47 Å². The number of hydrogen-bond acceptors (Lipinski definition) is 3. The summed E-state index contributed by atoms with van der Waals surface area (Å²) in [7, 11) is 1.67. The number of ether oxygens (including phenoxy) is 2. The lowest BCUT2D eigenvalue weighted by Gasteiger charge is -2.10. The second-order valence-corrected chi connectivity index (χ2v) is 5.43. The van der Waals surface area contributed by atoms with E-state index < -0.39 is 0 Å². The number of nitrogens with zero attached hydrogens (tertiary/aromatic N) is 1. The zero-order chi connectivity index (χ0) is 15.6. The summed E-state index contributed by atoms with van der Waals surface area (Å²) in [6.07, 6.45) is 3.45. The van der Waals surface area contributed by atoms with Crippen molar-refractivity contribution in [3.05, 3.63) is 29.8 Å². The maximum Gasteiger partial charge on any atom is 0.191 e. The molecule has 2 N–H and O–H groups in total.